The van der Waals surface area contributed by atoms with Gasteiger partial charge in [-0.05, 0) is 23.1 Å². The fourth-order valence-corrected chi connectivity index (χ4v) is 2.64. The maximum Gasteiger partial charge on any atom is 0.0387 e. The predicted octanol–water partition coefficient (Wildman–Crippen LogP) is 4.62. The molecule has 0 bridgehead atoms. The quantitative estimate of drug-likeness (QED) is 0.840. The van der Waals surface area contributed by atoms with Crippen molar-refractivity contribution in [3.05, 3.63) is 71.3 Å². The van der Waals surface area contributed by atoms with Crippen molar-refractivity contribution in [3.63, 3.8) is 0 Å². The van der Waals surface area contributed by atoms with Gasteiger partial charge in [0.2, 0.25) is 0 Å². The Kier molecular flexibility index (Phi) is 4.61. The number of hydrogen-bond donors (Lipinski definition) is 1. The zero-order valence-electron chi connectivity index (χ0n) is 12.8. The van der Waals surface area contributed by atoms with E-state index in [0.717, 1.165) is 6.42 Å². The molecule has 0 aliphatic carbocycles. The smallest absolute Gasteiger partial charge is 0.0387 e. The molecule has 2 rings (SSSR count). The summed E-state index contributed by atoms with van der Waals surface area (Å²) in [6.45, 7) is 6.64. The number of rotatable bonds is 5. The molecule has 1 atom stereocenters. The average Bonchev–Trinajstić information content (AvgIpc) is 2.48. The second-order valence-electron chi connectivity index (χ2n) is 6.06. The van der Waals surface area contributed by atoms with Crippen molar-refractivity contribution < 1.29 is 0 Å². The van der Waals surface area contributed by atoms with E-state index in [4.69, 9.17) is 5.73 Å². The second kappa shape index (κ2) is 6.23. The molecule has 0 heterocycles. The summed E-state index contributed by atoms with van der Waals surface area (Å²) in [7, 11) is 0. The number of benzene rings is 2. The van der Waals surface area contributed by atoms with E-state index in [1.54, 1.807) is 0 Å². The summed E-state index contributed by atoms with van der Waals surface area (Å²) < 4.78 is 0. The number of aryl methyl sites for hydroxylation is 1. The maximum atomic E-state index is 6.53. The molecule has 0 saturated carbocycles. The van der Waals surface area contributed by atoms with Gasteiger partial charge in [-0.2, -0.15) is 0 Å². The van der Waals surface area contributed by atoms with Crippen molar-refractivity contribution in [2.24, 2.45) is 5.73 Å². The molecule has 2 aromatic carbocycles. The summed E-state index contributed by atoms with van der Waals surface area (Å²) in [6.07, 6.45) is 2.32. The summed E-state index contributed by atoms with van der Waals surface area (Å²) in [6, 6.07) is 19.3. The van der Waals surface area contributed by atoms with Crippen molar-refractivity contribution >= 4 is 0 Å². The van der Waals surface area contributed by atoms with Crippen LogP contribution < -0.4 is 5.73 Å². The van der Waals surface area contributed by atoms with Crippen LogP contribution >= 0.6 is 0 Å². The Bertz CT molecular complexity index is 525. The minimum Gasteiger partial charge on any atom is -0.323 e. The van der Waals surface area contributed by atoms with Gasteiger partial charge in [0.1, 0.15) is 0 Å². The van der Waals surface area contributed by atoms with Crippen LogP contribution in [0.2, 0.25) is 0 Å². The Morgan fingerprint density at radius 3 is 2.10 bits per heavy atom. The van der Waals surface area contributed by atoms with E-state index in [-0.39, 0.29) is 11.5 Å². The monoisotopic (exact) mass is 267 g/mol. The number of nitrogens with two attached hydrogens (primary N) is 1. The summed E-state index contributed by atoms with van der Waals surface area (Å²) in [4.78, 5) is 0. The van der Waals surface area contributed by atoms with Crippen LogP contribution in [0.15, 0.2) is 54.6 Å². The van der Waals surface area contributed by atoms with Crippen LogP contribution in [0.5, 0.6) is 0 Å². The minimum absolute atomic E-state index is 0.000534. The summed E-state index contributed by atoms with van der Waals surface area (Å²) in [5.41, 5.74) is 10.3. The Hall–Kier alpha value is -1.60. The van der Waals surface area contributed by atoms with Gasteiger partial charge in [-0.1, -0.05) is 81.8 Å². The highest BCUT2D eigenvalue weighted by Crippen LogP contribution is 2.35. The fourth-order valence-electron chi connectivity index (χ4n) is 2.64. The molecule has 1 unspecified atom stereocenters. The summed E-state index contributed by atoms with van der Waals surface area (Å²) >= 11 is 0. The molecule has 2 aromatic rings. The highest BCUT2D eigenvalue weighted by Gasteiger charge is 2.29. The Balaban J connectivity index is 2.23. The van der Waals surface area contributed by atoms with Crippen LogP contribution in [-0.4, -0.2) is 0 Å². The molecular formula is C19H25N. The van der Waals surface area contributed by atoms with Crippen molar-refractivity contribution in [1.82, 2.24) is 0 Å². The lowest BCUT2D eigenvalue weighted by atomic mass is 9.75. The van der Waals surface area contributed by atoms with Crippen LogP contribution in [0, 0.1) is 0 Å². The molecule has 0 fully saturated rings. The first-order chi connectivity index (χ1) is 9.55. The lowest BCUT2D eigenvalue weighted by molar-refractivity contribution is 0.421. The molecule has 1 nitrogen and oxygen atoms in total. The molecular weight excluding hydrogens is 242 g/mol. The second-order valence-corrected chi connectivity index (χ2v) is 6.06. The van der Waals surface area contributed by atoms with Gasteiger partial charge in [0.15, 0.2) is 0 Å². The number of hydrogen-bond acceptors (Lipinski definition) is 1. The molecule has 20 heavy (non-hydrogen) atoms. The third-order valence-corrected chi connectivity index (χ3v) is 4.17. The van der Waals surface area contributed by atoms with Crippen LogP contribution in [0.3, 0.4) is 0 Å². The van der Waals surface area contributed by atoms with Crippen molar-refractivity contribution in [2.75, 3.05) is 0 Å². The molecule has 0 radical (unpaired) electrons. The largest absolute Gasteiger partial charge is 0.323 e. The first kappa shape index (κ1) is 14.8. The summed E-state index contributed by atoms with van der Waals surface area (Å²) in [5.74, 6) is 0. The van der Waals surface area contributed by atoms with Crippen molar-refractivity contribution in [2.45, 2.75) is 45.1 Å². The maximum absolute atomic E-state index is 6.53. The van der Waals surface area contributed by atoms with Crippen LogP contribution in [0.1, 0.15) is 49.9 Å². The molecule has 106 valence electrons. The van der Waals surface area contributed by atoms with Crippen molar-refractivity contribution in [1.29, 1.82) is 0 Å². The third-order valence-electron chi connectivity index (χ3n) is 4.17. The lowest BCUT2D eigenvalue weighted by Gasteiger charge is -2.32. The molecule has 0 aliphatic rings. The average molecular weight is 267 g/mol. The van der Waals surface area contributed by atoms with E-state index in [1.165, 1.54) is 23.1 Å². The normalized spacial score (nSPS) is 13.2. The van der Waals surface area contributed by atoms with E-state index in [1.807, 2.05) is 6.07 Å². The van der Waals surface area contributed by atoms with Crippen molar-refractivity contribution in [3.8, 4) is 0 Å². The Morgan fingerprint density at radius 1 is 0.950 bits per heavy atom. The molecule has 0 spiro atoms. The molecule has 0 aromatic heterocycles. The molecule has 0 saturated heterocycles. The van der Waals surface area contributed by atoms with Gasteiger partial charge in [-0.15, -0.1) is 0 Å². The Labute approximate surface area is 122 Å². The van der Waals surface area contributed by atoms with Crippen LogP contribution in [0.25, 0.3) is 0 Å². The van der Waals surface area contributed by atoms with Gasteiger partial charge in [0.25, 0.3) is 0 Å². The van der Waals surface area contributed by atoms with Gasteiger partial charge in [-0.3, -0.25) is 0 Å². The van der Waals surface area contributed by atoms with E-state index in [0.29, 0.717) is 0 Å². The third kappa shape index (κ3) is 3.10. The van der Waals surface area contributed by atoms with Gasteiger partial charge in [-0.25, -0.2) is 0 Å². The molecule has 2 N–H and O–H groups in total. The standard InChI is InChI=1S/C19H25N/c1-4-8-15-11-13-16(14-12-15)18(20)19(2,3)17-9-6-5-7-10-17/h5-7,9-14,18H,4,8,20H2,1-3H3. The highest BCUT2D eigenvalue weighted by atomic mass is 14.7. The fraction of sp³-hybridized carbons (Fsp3) is 0.368. The first-order valence-corrected chi connectivity index (χ1v) is 7.45. The van der Waals surface area contributed by atoms with Crippen LogP contribution in [-0.2, 0) is 11.8 Å². The summed E-state index contributed by atoms with van der Waals surface area (Å²) in [5, 5.41) is 0. The van der Waals surface area contributed by atoms with E-state index < -0.39 is 0 Å². The Morgan fingerprint density at radius 2 is 1.55 bits per heavy atom. The first-order valence-electron chi connectivity index (χ1n) is 7.45. The zero-order chi connectivity index (χ0) is 14.6. The predicted molar refractivity (Wildman–Crippen MR) is 86.8 cm³/mol. The van der Waals surface area contributed by atoms with Gasteiger partial charge in [0.05, 0.1) is 0 Å². The zero-order valence-corrected chi connectivity index (χ0v) is 12.8. The van der Waals surface area contributed by atoms with E-state index in [2.05, 4.69) is 69.3 Å². The topological polar surface area (TPSA) is 26.0 Å². The lowest BCUT2D eigenvalue weighted by Crippen LogP contribution is -2.33. The molecule has 1 heteroatoms. The van der Waals surface area contributed by atoms with Gasteiger partial charge in [0, 0.05) is 11.5 Å². The molecule has 0 aliphatic heterocycles. The van der Waals surface area contributed by atoms with Gasteiger partial charge < -0.3 is 5.73 Å². The van der Waals surface area contributed by atoms with Crippen LogP contribution in [0.4, 0.5) is 0 Å². The SMILES string of the molecule is CCCc1ccc(C(N)C(C)(C)c2ccccc2)cc1. The molecule has 0 amide bonds. The highest BCUT2D eigenvalue weighted by molar-refractivity contribution is 5.33. The van der Waals surface area contributed by atoms with Gasteiger partial charge >= 0.3 is 0 Å². The minimum atomic E-state index is -0.0759. The van der Waals surface area contributed by atoms with E-state index >= 15 is 0 Å². The van der Waals surface area contributed by atoms with E-state index in [9.17, 15) is 0 Å².